The van der Waals surface area contributed by atoms with E-state index in [0.29, 0.717) is 27.1 Å². The maximum Gasteiger partial charge on any atom is 0.341 e. The average Bonchev–Trinajstić information content (AvgIpc) is 3.04. The third-order valence-corrected chi connectivity index (χ3v) is 6.06. The maximum atomic E-state index is 12.5. The Balaban J connectivity index is 1.72. The zero-order chi connectivity index (χ0) is 21.7. The number of halogens is 1. The molecular weight excluding hydrogens is 426 g/mol. The second kappa shape index (κ2) is 9.86. The Morgan fingerprint density at radius 3 is 2.87 bits per heavy atom. The van der Waals surface area contributed by atoms with Crippen molar-refractivity contribution < 1.29 is 19.1 Å². The van der Waals surface area contributed by atoms with Crippen molar-refractivity contribution in [1.29, 1.82) is 0 Å². The number of hydrogen-bond donors (Lipinski definition) is 2. The number of fused-ring (bicyclic) bond motifs is 1. The molecular formula is C21H22ClN3O4S. The highest BCUT2D eigenvalue weighted by Crippen LogP contribution is 2.40. The predicted molar refractivity (Wildman–Crippen MR) is 117 cm³/mol. The molecule has 0 aliphatic heterocycles. The van der Waals surface area contributed by atoms with Gasteiger partial charge >= 0.3 is 17.8 Å². The molecule has 2 amide bonds. The molecule has 0 fully saturated rings. The van der Waals surface area contributed by atoms with E-state index >= 15 is 0 Å². The Morgan fingerprint density at radius 2 is 2.13 bits per heavy atom. The van der Waals surface area contributed by atoms with Crippen LogP contribution in [0.4, 0.5) is 5.00 Å². The first-order valence-electron chi connectivity index (χ1n) is 9.60. The van der Waals surface area contributed by atoms with Crippen LogP contribution in [-0.4, -0.2) is 30.6 Å². The van der Waals surface area contributed by atoms with Gasteiger partial charge in [-0.3, -0.25) is 9.59 Å². The molecule has 1 aromatic carbocycles. The van der Waals surface area contributed by atoms with Gasteiger partial charge in [0.25, 0.3) is 0 Å². The summed E-state index contributed by atoms with van der Waals surface area (Å²) in [5.41, 5.74) is 4.11. The molecule has 1 aromatic heterocycles. The van der Waals surface area contributed by atoms with E-state index in [2.05, 4.69) is 22.8 Å². The van der Waals surface area contributed by atoms with Gasteiger partial charge in [0.15, 0.2) is 0 Å². The van der Waals surface area contributed by atoms with Crippen LogP contribution in [0.2, 0.25) is 5.02 Å². The third-order valence-electron chi connectivity index (χ3n) is 4.65. The molecule has 0 saturated carbocycles. The first kappa shape index (κ1) is 22.0. The predicted octanol–water partition coefficient (Wildman–Crippen LogP) is 3.79. The van der Waals surface area contributed by atoms with E-state index in [1.807, 2.05) is 0 Å². The molecule has 158 valence electrons. The van der Waals surface area contributed by atoms with Crippen molar-refractivity contribution >= 4 is 51.9 Å². The normalized spacial score (nSPS) is 15.5. The summed E-state index contributed by atoms with van der Waals surface area (Å²) in [6, 6.07) is 6.88. The number of nitrogens with zero attached hydrogens (tertiary/aromatic N) is 1. The largest absolute Gasteiger partial charge is 0.462 e. The Hall–Kier alpha value is -2.71. The summed E-state index contributed by atoms with van der Waals surface area (Å²) in [5, 5.41) is 7.20. The molecule has 0 radical (unpaired) electrons. The van der Waals surface area contributed by atoms with Gasteiger partial charge in [-0.15, -0.1) is 11.3 Å². The van der Waals surface area contributed by atoms with Gasteiger partial charge in [0, 0.05) is 9.90 Å². The number of hydrogen-bond acceptors (Lipinski definition) is 6. The van der Waals surface area contributed by atoms with E-state index in [1.54, 1.807) is 31.2 Å². The number of ether oxygens (including phenoxy) is 1. The van der Waals surface area contributed by atoms with Crippen molar-refractivity contribution in [2.75, 3.05) is 11.9 Å². The fraction of sp³-hybridized carbons (Fsp3) is 0.333. The van der Waals surface area contributed by atoms with Crippen molar-refractivity contribution in [1.82, 2.24) is 5.43 Å². The molecule has 0 unspecified atom stereocenters. The number of anilines is 1. The van der Waals surface area contributed by atoms with Gasteiger partial charge in [-0.1, -0.05) is 30.7 Å². The first-order valence-corrected chi connectivity index (χ1v) is 10.8. The minimum absolute atomic E-state index is 0.228. The van der Waals surface area contributed by atoms with E-state index in [9.17, 15) is 14.4 Å². The van der Waals surface area contributed by atoms with E-state index in [-0.39, 0.29) is 6.61 Å². The second-order valence-electron chi connectivity index (χ2n) is 6.98. The molecule has 3 rings (SSSR count). The molecule has 30 heavy (non-hydrogen) atoms. The zero-order valence-corrected chi connectivity index (χ0v) is 18.2. The lowest BCUT2D eigenvalue weighted by Crippen LogP contribution is -2.32. The zero-order valence-electron chi connectivity index (χ0n) is 16.7. The highest BCUT2D eigenvalue weighted by molar-refractivity contribution is 7.17. The van der Waals surface area contributed by atoms with Crippen LogP contribution in [0, 0.1) is 5.92 Å². The van der Waals surface area contributed by atoms with Gasteiger partial charge in [0.2, 0.25) is 0 Å². The monoisotopic (exact) mass is 447 g/mol. The number of nitrogens with one attached hydrogen (secondary N) is 2. The number of thiophene rings is 1. The van der Waals surface area contributed by atoms with Crippen LogP contribution in [0.1, 0.15) is 46.6 Å². The van der Waals surface area contributed by atoms with Crippen LogP contribution in [0.15, 0.2) is 29.4 Å². The smallest absolute Gasteiger partial charge is 0.341 e. The van der Waals surface area contributed by atoms with Gasteiger partial charge in [0.05, 0.1) is 18.4 Å². The number of carbonyl (C=O) groups excluding carboxylic acids is 3. The lowest BCUT2D eigenvalue weighted by molar-refractivity contribution is -0.136. The summed E-state index contributed by atoms with van der Waals surface area (Å²) in [7, 11) is 0. The Morgan fingerprint density at radius 1 is 1.33 bits per heavy atom. The third kappa shape index (κ3) is 5.25. The fourth-order valence-corrected chi connectivity index (χ4v) is 4.81. The van der Waals surface area contributed by atoms with Crippen molar-refractivity contribution in [2.24, 2.45) is 11.0 Å². The number of rotatable bonds is 5. The topological polar surface area (TPSA) is 96.9 Å². The average molecular weight is 448 g/mol. The van der Waals surface area contributed by atoms with E-state index in [0.717, 1.165) is 29.7 Å². The van der Waals surface area contributed by atoms with Crippen LogP contribution < -0.4 is 10.7 Å². The summed E-state index contributed by atoms with van der Waals surface area (Å²) in [4.78, 5) is 38.0. The fourth-order valence-electron chi connectivity index (χ4n) is 3.22. The molecule has 0 bridgehead atoms. The highest BCUT2D eigenvalue weighted by atomic mass is 35.5. The van der Waals surface area contributed by atoms with Crippen LogP contribution in [0.25, 0.3) is 0 Å². The Labute approximate surface area is 183 Å². The molecule has 1 atom stereocenters. The summed E-state index contributed by atoms with van der Waals surface area (Å²) in [6.07, 6.45) is 3.92. The number of amides is 2. The number of hydrazone groups is 1. The minimum atomic E-state index is -0.942. The van der Waals surface area contributed by atoms with Gasteiger partial charge in [-0.05, 0) is 55.4 Å². The molecule has 0 saturated heterocycles. The van der Waals surface area contributed by atoms with Gasteiger partial charge in [0.1, 0.15) is 5.00 Å². The Bertz CT molecular complexity index is 1000. The molecule has 0 spiro atoms. The highest BCUT2D eigenvalue weighted by Gasteiger charge is 2.30. The lowest BCUT2D eigenvalue weighted by atomic mass is 9.88. The molecule has 2 N–H and O–H groups in total. The molecule has 7 nitrogen and oxygen atoms in total. The van der Waals surface area contributed by atoms with Crippen LogP contribution >= 0.6 is 22.9 Å². The van der Waals surface area contributed by atoms with Crippen molar-refractivity contribution in [3.05, 3.63) is 50.9 Å². The summed E-state index contributed by atoms with van der Waals surface area (Å²) in [6.45, 7) is 4.10. The summed E-state index contributed by atoms with van der Waals surface area (Å²) in [5.74, 6) is -1.84. The van der Waals surface area contributed by atoms with E-state index in [4.69, 9.17) is 16.3 Å². The summed E-state index contributed by atoms with van der Waals surface area (Å²) >= 11 is 7.21. The van der Waals surface area contributed by atoms with Crippen LogP contribution in [0.3, 0.4) is 0 Å². The molecule has 9 heteroatoms. The quantitative estimate of drug-likeness (QED) is 0.315. The van der Waals surface area contributed by atoms with Crippen LogP contribution in [-0.2, 0) is 27.2 Å². The first-order chi connectivity index (χ1) is 14.4. The molecule has 1 aliphatic carbocycles. The standard InChI is InChI=1S/C21H22ClN3O4S/c1-3-29-21(28)17-15-8-7-12(2)9-16(15)30-20(17)24-18(26)19(27)25-23-11-13-5-4-6-14(22)10-13/h4-6,10-12H,3,7-9H2,1-2H3,(H,24,26)(H,25,27)/b23-11-/t12-/m1/s1. The summed E-state index contributed by atoms with van der Waals surface area (Å²) < 4.78 is 5.17. The lowest BCUT2D eigenvalue weighted by Gasteiger charge is -2.18. The maximum absolute atomic E-state index is 12.5. The van der Waals surface area contributed by atoms with Crippen molar-refractivity contribution in [2.45, 2.75) is 33.1 Å². The van der Waals surface area contributed by atoms with Gasteiger partial charge in [-0.2, -0.15) is 5.10 Å². The number of benzene rings is 1. The van der Waals surface area contributed by atoms with Crippen molar-refractivity contribution in [3.63, 3.8) is 0 Å². The number of esters is 1. The number of carbonyl (C=O) groups is 3. The SMILES string of the molecule is CCOC(=O)c1c(NC(=O)C(=O)N/N=C\c2cccc(Cl)c2)sc2c1CC[C@@H](C)C2. The van der Waals surface area contributed by atoms with Crippen molar-refractivity contribution in [3.8, 4) is 0 Å². The van der Waals surface area contributed by atoms with E-state index in [1.165, 1.54) is 17.6 Å². The molecule has 1 heterocycles. The van der Waals surface area contributed by atoms with Gasteiger partial charge < -0.3 is 10.1 Å². The van der Waals surface area contributed by atoms with Gasteiger partial charge in [-0.25, -0.2) is 10.2 Å². The Kier molecular flexibility index (Phi) is 7.23. The van der Waals surface area contributed by atoms with Crippen LogP contribution in [0.5, 0.6) is 0 Å². The van der Waals surface area contributed by atoms with E-state index < -0.39 is 17.8 Å². The second-order valence-corrected chi connectivity index (χ2v) is 8.53. The minimum Gasteiger partial charge on any atom is -0.462 e. The molecule has 2 aromatic rings. The molecule has 1 aliphatic rings.